The van der Waals surface area contributed by atoms with E-state index in [1.165, 1.54) is 0 Å². The van der Waals surface area contributed by atoms with Crippen LogP contribution in [-0.2, 0) is 4.79 Å². The molecule has 2 N–H and O–H groups in total. The summed E-state index contributed by atoms with van der Waals surface area (Å²) < 4.78 is 5.40. The summed E-state index contributed by atoms with van der Waals surface area (Å²) in [5.74, 6) is -0.315. The minimum atomic E-state index is -0.240. The van der Waals surface area contributed by atoms with Crippen LogP contribution in [0.4, 0.5) is 0 Å². The Hall–Kier alpha value is -1.81. The van der Waals surface area contributed by atoms with Gasteiger partial charge in [-0.05, 0) is 13.0 Å². The van der Waals surface area contributed by atoms with Crippen molar-refractivity contribution < 1.29 is 9.21 Å². The molecule has 4 heteroatoms. The van der Waals surface area contributed by atoms with Gasteiger partial charge in [-0.3, -0.25) is 10.2 Å². The van der Waals surface area contributed by atoms with Gasteiger partial charge in [0, 0.05) is 18.0 Å². The third kappa shape index (κ3) is 1.79. The molecule has 1 heterocycles. The number of hydrogen-bond acceptors (Lipinski definition) is 3. The first-order chi connectivity index (χ1) is 7.74. The zero-order valence-corrected chi connectivity index (χ0v) is 9.28. The minimum Gasteiger partial charge on any atom is -0.464 e. The van der Waals surface area contributed by atoms with Gasteiger partial charge in [0.15, 0.2) is 0 Å². The highest BCUT2D eigenvalue weighted by atomic mass is 16.3. The number of amides is 1. The Balaban J connectivity index is 2.36. The Bertz CT molecular complexity index is 504. The Morgan fingerprint density at radius 1 is 1.38 bits per heavy atom. The van der Waals surface area contributed by atoms with E-state index >= 15 is 0 Å². The number of benzene rings is 1. The van der Waals surface area contributed by atoms with Crippen LogP contribution in [0.2, 0.25) is 0 Å². The van der Waals surface area contributed by atoms with E-state index < -0.39 is 0 Å². The molecule has 0 radical (unpaired) electrons. The molecule has 84 valence electrons. The number of carbonyl (C=O) groups excluding carboxylic acids is 1. The molecule has 0 fully saturated rings. The maximum absolute atomic E-state index is 11.7. The number of furan rings is 1. The lowest BCUT2D eigenvalue weighted by Gasteiger charge is -2.09. The van der Waals surface area contributed by atoms with E-state index in [2.05, 4.69) is 10.9 Å². The summed E-state index contributed by atoms with van der Waals surface area (Å²) in [6, 6.07) is 7.69. The second kappa shape index (κ2) is 4.37. The molecule has 0 aliphatic heterocycles. The van der Waals surface area contributed by atoms with Crippen molar-refractivity contribution in [3.63, 3.8) is 0 Å². The van der Waals surface area contributed by atoms with Gasteiger partial charge in [-0.2, -0.15) is 0 Å². The van der Waals surface area contributed by atoms with Gasteiger partial charge in [-0.15, -0.1) is 0 Å². The Morgan fingerprint density at radius 2 is 2.12 bits per heavy atom. The van der Waals surface area contributed by atoms with Gasteiger partial charge in [0.2, 0.25) is 5.91 Å². The van der Waals surface area contributed by atoms with Crippen molar-refractivity contribution in [3.8, 4) is 0 Å². The molecule has 1 unspecified atom stereocenters. The zero-order valence-electron chi connectivity index (χ0n) is 9.28. The van der Waals surface area contributed by atoms with Crippen molar-refractivity contribution in [2.45, 2.75) is 12.8 Å². The number of rotatable bonds is 3. The number of para-hydroxylation sites is 1. The normalized spacial score (nSPS) is 12.6. The van der Waals surface area contributed by atoms with Gasteiger partial charge < -0.3 is 4.42 Å². The molecule has 1 amide bonds. The van der Waals surface area contributed by atoms with E-state index in [1.54, 1.807) is 13.3 Å². The number of hydrogen-bond donors (Lipinski definition) is 2. The van der Waals surface area contributed by atoms with E-state index in [1.807, 2.05) is 31.2 Å². The summed E-state index contributed by atoms with van der Waals surface area (Å²) in [7, 11) is 1.66. The lowest BCUT2D eigenvalue weighted by Crippen LogP contribution is -2.36. The highest BCUT2D eigenvalue weighted by Gasteiger charge is 2.18. The Labute approximate surface area is 93.6 Å². The molecule has 0 saturated heterocycles. The second-order valence-electron chi connectivity index (χ2n) is 3.65. The molecule has 1 aromatic heterocycles. The molecule has 2 rings (SSSR count). The molecule has 0 bridgehead atoms. The first-order valence-corrected chi connectivity index (χ1v) is 5.16. The molecule has 2 aromatic rings. The van der Waals surface area contributed by atoms with Crippen molar-refractivity contribution in [2.75, 3.05) is 7.05 Å². The second-order valence-corrected chi connectivity index (χ2v) is 3.65. The summed E-state index contributed by atoms with van der Waals surface area (Å²) in [6.45, 7) is 1.85. The fourth-order valence-electron chi connectivity index (χ4n) is 1.71. The average Bonchev–Trinajstić information content (AvgIpc) is 2.72. The third-order valence-corrected chi connectivity index (χ3v) is 2.62. The summed E-state index contributed by atoms with van der Waals surface area (Å²) in [6.07, 6.45) is 1.64. The molecule has 16 heavy (non-hydrogen) atoms. The van der Waals surface area contributed by atoms with Crippen LogP contribution in [0.25, 0.3) is 11.0 Å². The minimum absolute atomic E-state index is 0.0750. The van der Waals surface area contributed by atoms with Crippen molar-refractivity contribution in [2.24, 2.45) is 0 Å². The standard InChI is InChI=1S/C12H14N2O2/c1-8(12(15)14-13-2)10-7-16-11-6-4-3-5-9(10)11/h3-8,13H,1-2H3,(H,14,15). The van der Waals surface area contributed by atoms with E-state index in [4.69, 9.17) is 4.42 Å². The van der Waals surface area contributed by atoms with Gasteiger partial charge in [0.25, 0.3) is 0 Å². The molecular formula is C12H14N2O2. The van der Waals surface area contributed by atoms with Gasteiger partial charge in [-0.1, -0.05) is 18.2 Å². The van der Waals surface area contributed by atoms with E-state index in [9.17, 15) is 4.79 Å². The SMILES string of the molecule is CNNC(=O)C(C)c1coc2ccccc12. The first kappa shape index (κ1) is 10.7. The van der Waals surface area contributed by atoms with Crippen molar-refractivity contribution in [3.05, 3.63) is 36.1 Å². The van der Waals surface area contributed by atoms with Gasteiger partial charge in [0.05, 0.1) is 12.2 Å². The molecule has 0 aliphatic carbocycles. The topological polar surface area (TPSA) is 54.3 Å². The summed E-state index contributed by atoms with van der Waals surface area (Å²) in [5, 5.41) is 0.987. The van der Waals surface area contributed by atoms with Crippen LogP contribution in [0.5, 0.6) is 0 Å². The van der Waals surface area contributed by atoms with E-state index in [-0.39, 0.29) is 11.8 Å². The lowest BCUT2D eigenvalue weighted by molar-refractivity contribution is -0.123. The highest BCUT2D eigenvalue weighted by molar-refractivity contribution is 5.90. The largest absolute Gasteiger partial charge is 0.464 e. The van der Waals surface area contributed by atoms with Crippen molar-refractivity contribution in [1.29, 1.82) is 0 Å². The maximum atomic E-state index is 11.7. The fourth-order valence-corrected chi connectivity index (χ4v) is 1.71. The van der Waals surface area contributed by atoms with E-state index in [0.29, 0.717) is 0 Å². The van der Waals surface area contributed by atoms with Gasteiger partial charge in [-0.25, -0.2) is 5.43 Å². The van der Waals surface area contributed by atoms with Crippen LogP contribution in [0, 0.1) is 0 Å². The molecule has 4 nitrogen and oxygen atoms in total. The Morgan fingerprint density at radius 3 is 2.88 bits per heavy atom. The maximum Gasteiger partial charge on any atom is 0.241 e. The molecular weight excluding hydrogens is 204 g/mol. The summed E-state index contributed by atoms with van der Waals surface area (Å²) >= 11 is 0. The van der Waals surface area contributed by atoms with Gasteiger partial charge in [0.1, 0.15) is 5.58 Å². The van der Waals surface area contributed by atoms with Crippen molar-refractivity contribution >= 4 is 16.9 Å². The summed E-state index contributed by atoms with van der Waals surface area (Å²) in [5.41, 5.74) is 6.91. The smallest absolute Gasteiger partial charge is 0.241 e. The van der Waals surface area contributed by atoms with Crippen LogP contribution in [-0.4, -0.2) is 13.0 Å². The van der Waals surface area contributed by atoms with Crippen LogP contribution < -0.4 is 10.9 Å². The molecule has 0 aliphatic rings. The number of carbonyl (C=O) groups is 1. The predicted octanol–water partition coefficient (Wildman–Crippen LogP) is 1.79. The van der Waals surface area contributed by atoms with Crippen LogP contribution in [0.1, 0.15) is 18.4 Å². The molecule has 0 saturated carbocycles. The average molecular weight is 218 g/mol. The number of nitrogens with one attached hydrogen (secondary N) is 2. The van der Waals surface area contributed by atoms with Crippen LogP contribution in [0.3, 0.4) is 0 Å². The van der Waals surface area contributed by atoms with Crippen LogP contribution in [0.15, 0.2) is 34.9 Å². The fraction of sp³-hybridized carbons (Fsp3) is 0.250. The highest BCUT2D eigenvalue weighted by Crippen LogP contribution is 2.27. The number of fused-ring (bicyclic) bond motifs is 1. The quantitative estimate of drug-likeness (QED) is 0.772. The monoisotopic (exact) mass is 218 g/mol. The third-order valence-electron chi connectivity index (χ3n) is 2.62. The predicted molar refractivity (Wildman–Crippen MR) is 61.8 cm³/mol. The van der Waals surface area contributed by atoms with Crippen LogP contribution >= 0.6 is 0 Å². The van der Waals surface area contributed by atoms with Crippen molar-refractivity contribution in [1.82, 2.24) is 10.9 Å². The molecule has 1 atom stereocenters. The van der Waals surface area contributed by atoms with E-state index in [0.717, 1.165) is 16.5 Å². The van der Waals surface area contributed by atoms with Gasteiger partial charge >= 0.3 is 0 Å². The number of hydrazine groups is 1. The first-order valence-electron chi connectivity index (χ1n) is 5.16. The lowest BCUT2D eigenvalue weighted by atomic mass is 10.00. The molecule has 1 aromatic carbocycles. The zero-order chi connectivity index (χ0) is 11.5. The molecule has 0 spiro atoms. The summed E-state index contributed by atoms with van der Waals surface area (Å²) in [4.78, 5) is 11.7. The Kier molecular flexibility index (Phi) is 2.92.